The topological polar surface area (TPSA) is 67.8 Å². The molecule has 0 saturated carbocycles. The lowest BCUT2D eigenvalue weighted by Gasteiger charge is -2.03. The number of nitrogens with zero attached hydrogens (tertiary/aromatic N) is 3. The molecule has 3 rings (SSSR count). The van der Waals surface area contributed by atoms with E-state index in [1.165, 1.54) is 17.4 Å². The fourth-order valence-corrected chi connectivity index (χ4v) is 2.91. The average Bonchev–Trinajstić information content (AvgIpc) is 2.96. The number of benzene rings is 1. The molecule has 5 nitrogen and oxygen atoms in total. The molecule has 0 fully saturated rings. The van der Waals surface area contributed by atoms with E-state index in [9.17, 15) is 4.79 Å². The van der Waals surface area contributed by atoms with Crippen LogP contribution in [0.2, 0.25) is 10.0 Å². The maximum atomic E-state index is 12.2. The van der Waals surface area contributed by atoms with E-state index in [0.717, 1.165) is 0 Å². The van der Waals surface area contributed by atoms with Crippen molar-refractivity contribution in [3.05, 3.63) is 58.2 Å². The lowest BCUT2D eigenvalue weighted by atomic mass is 10.2. The van der Waals surface area contributed by atoms with Crippen LogP contribution in [0.25, 0.3) is 10.7 Å². The number of amides is 1. The van der Waals surface area contributed by atoms with Gasteiger partial charge in [-0.25, -0.2) is 0 Å². The molecule has 0 spiro atoms. The van der Waals surface area contributed by atoms with Gasteiger partial charge in [0.15, 0.2) is 5.01 Å². The second kappa shape index (κ2) is 6.39. The Bertz CT molecular complexity index is 823. The third-order valence-electron chi connectivity index (χ3n) is 2.71. The van der Waals surface area contributed by atoms with Gasteiger partial charge in [0.1, 0.15) is 5.69 Å². The maximum absolute atomic E-state index is 12.2. The third-order valence-corrected chi connectivity index (χ3v) is 4.11. The number of pyridine rings is 1. The van der Waals surface area contributed by atoms with Crippen LogP contribution in [0, 0.1) is 0 Å². The molecule has 110 valence electrons. The predicted octanol–water partition coefficient (Wildman–Crippen LogP) is 4.16. The first-order chi connectivity index (χ1) is 10.6. The number of hydrogen-bond donors (Lipinski definition) is 1. The molecule has 2 heterocycles. The second-order valence-electron chi connectivity index (χ2n) is 4.21. The second-order valence-corrected chi connectivity index (χ2v) is 6.03. The highest BCUT2D eigenvalue weighted by atomic mass is 35.5. The third kappa shape index (κ3) is 3.24. The molecule has 8 heteroatoms. The van der Waals surface area contributed by atoms with Crippen LogP contribution in [0.5, 0.6) is 0 Å². The highest BCUT2D eigenvalue weighted by Gasteiger charge is 2.14. The number of hydrogen-bond acceptors (Lipinski definition) is 5. The van der Waals surface area contributed by atoms with Crippen LogP contribution in [0.4, 0.5) is 5.13 Å². The Morgan fingerprint density at radius 3 is 2.73 bits per heavy atom. The van der Waals surface area contributed by atoms with Crippen molar-refractivity contribution in [2.24, 2.45) is 0 Å². The Hall–Kier alpha value is -2.02. The molecule has 0 atom stereocenters. The lowest BCUT2D eigenvalue weighted by Crippen LogP contribution is -2.12. The highest BCUT2D eigenvalue weighted by molar-refractivity contribution is 7.18. The maximum Gasteiger partial charge on any atom is 0.259 e. The minimum Gasteiger partial charge on any atom is -0.296 e. The van der Waals surface area contributed by atoms with Gasteiger partial charge in [-0.05, 0) is 30.3 Å². The van der Waals surface area contributed by atoms with Gasteiger partial charge < -0.3 is 0 Å². The van der Waals surface area contributed by atoms with Gasteiger partial charge in [-0.1, -0.05) is 40.6 Å². The van der Waals surface area contributed by atoms with E-state index in [4.69, 9.17) is 23.2 Å². The normalized spacial score (nSPS) is 10.5. The van der Waals surface area contributed by atoms with Gasteiger partial charge in [0.2, 0.25) is 5.13 Å². The Morgan fingerprint density at radius 2 is 2.00 bits per heavy atom. The van der Waals surface area contributed by atoms with E-state index in [2.05, 4.69) is 20.5 Å². The van der Waals surface area contributed by atoms with Crippen LogP contribution in [-0.4, -0.2) is 21.1 Å². The van der Waals surface area contributed by atoms with E-state index in [1.54, 1.807) is 18.3 Å². The molecule has 0 aliphatic rings. The first-order valence-corrected chi connectivity index (χ1v) is 7.72. The molecular formula is C14H8Cl2N4OS. The summed E-state index contributed by atoms with van der Waals surface area (Å²) in [5.41, 5.74) is 1.02. The molecule has 0 bridgehead atoms. The summed E-state index contributed by atoms with van der Waals surface area (Å²) in [5.74, 6) is -0.370. The zero-order valence-electron chi connectivity index (χ0n) is 11.0. The zero-order chi connectivity index (χ0) is 15.5. The van der Waals surface area contributed by atoms with Crippen LogP contribution < -0.4 is 5.32 Å². The van der Waals surface area contributed by atoms with Gasteiger partial charge in [0.25, 0.3) is 5.91 Å². The molecule has 0 unspecified atom stereocenters. The number of carbonyl (C=O) groups is 1. The fraction of sp³-hybridized carbons (Fsp3) is 0. The van der Waals surface area contributed by atoms with Crippen molar-refractivity contribution in [3.63, 3.8) is 0 Å². The highest BCUT2D eigenvalue weighted by Crippen LogP contribution is 2.26. The molecule has 22 heavy (non-hydrogen) atoms. The summed E-state index contributed by atoms with van der Waals surface area (Å²) in [6.07, 6.45) is 1.67. The van der Waals surface area contributed by atoms with Crippen molar-refractivity contribution in [1.29, 1.82) is 0 Å². The molecule has 1 amide bonds. The number of halogens is 2. The Kier molecular flexibility index (Phi) is 4.33. The van der Waals surface area contributed by atoms with Crippen LogP contribution in [0.3, 0.4) is 0 Å². The molecule has 0 saturated heterocycles. The van der Waals surface area contributed by atoms with Crippen molar-refractivity contribution in [1.82, 2.24) is 15.2 Å². The van der Waals surface area contributed by atoms with E-state index >= 15 is 0 Å². The van der Waals surface area contributed by atoms with Crippen LogP contribution >= 0.6 is 34.5 Å². The zero-order valence-corrected chi connectivity index (χ0v) is 13.3. The molecule has 2 aromatic heterocycles. The average molecular weight is 351 g/mol. The van der Waals surface area contributed by atoms with E-state index in [0.29, 0.717) is 26.4 Å². The summed E-state index contributed by atoms with van der Waals surface area (Å²) in [6, 6.07) is 10.2. The molecule has 0 aliphatic heterocycles. The van der Waals surface area contributed by atoms with Crippen LogP contribution in [-0.2, 0) is 0 Å². The number of carbonyl (C=O) groups excluding carboxylic acids is 1. The van der Waals surface area contributed by atoms with Crippen molar-refractivity contribution in [3.8, 4) is 10.7 Å². The first kappa shape index (κ1) is 14.9. The van der Waals surface area contributed by atoms with E-state index in [1.807, 2.05) is 18.2 Å². The molecule has 1 aromatic carbocycles. The van der Waals surface area contributed by atoms with E-state index in [-0.39, 0.29) is 10.9 Å². The smallest absolute Gasteiger partial charge is 0.259 e. The SMILES string of the molecule is O=C(Nc1nnc(-c2ccccn2)s1)c1ccc(Cl)cc1Cl. The number of nitrogens with one attached hydrogen (secondary N) is 1. The molecule has 3 aromatic rings. The van der Waals surface area contributed by atoms with Crippen molar-refractivity contribution >= 4 is 45.6 Å². The summed E-state index contributed by atoms with van der Waals surface area (Å²) in [6.45, 7) is 0. The Labute approximate surface area is 139 Å². The van der Waals surface area contributed by atoms with Crippen molar-refractivity contribution in [2.45, 2.75) is 0 Å². The number of anilines is 1. The monoisotopic (exact) mass is 350 g/mol. The molecule has 0 radical (unpaired) electrons. The number of aromatic nitrogens is 3. The predicted molar refractivity (Wildman–Crippen MR) is 87.6 cm³/mol. The van der Waals surface area contributed by atoms with Gasteiger partial charge in [-0.15, -0.1) is 10.2 Å². The summed E-state index contributed by atoms with van der Waals surface area (Å²) in [7, 11) is 0. The van der Waals surface area contributed by atoms with Gasteiger partial charge in [-0.2, -0.15) is 0 Å². The first-order valence-electron chi connectivity index (χ1n) is 6.15. The van der Waals surface area contributed by atoms with Gasteiger partial charge in [0, 0.05) is 11.2 Å². The minimum absolute atomic E-state index is 0.277. The molecule has 1 N–H and O–H groups in total. The van der Waals surface area contributed by atoms with Gasteiger partial charge in [0.05, 0.1) is 10.6 Å². The quantitative estimate of drug-likeness (QED) is 0.769. The van der Waals surface area contributed by atoms with E-state index < -0.39 is 0 Å². The summed E-state index contributed by atoms with van der Waals surface area (Å²) in [5, 5.41) is 12.3. The van der Waals surface area contributed by atoms with Crippen LogP contribution in [0.1, 0.15) is 10.4 Å². The summed E-state index contributed by atoms with van der Waals surface area (Å²) in [4.78, 5) is 16.4. The fourth-order valence-electron chi connectivity index (χ4n) is 1.70. The van der Waals surface area contributed by atoms with Gasteiger partial charge in [-0.3, -0.25) is 15.1 Å². The standard InChI is InChI=1S/C14H8Cl2N4OS/c15-8-4-5-9(10(16)7-8)12(21)18-14-20-19-13(22-14)11-3-1-2-6-17-11/h1-7H,(H,18,20,21). The largest absolute Gasteiger partial charge is 0.296 e. The number of rotatable bonds is 3. The molecule has 0 aliphatic carbocycles. The summed E-state index contributed by atoms with van der Waals surface area (Å²) >= 11 is 13.0. The van der Waals surface area contributed by atoms with Crippen LogP contribution in [0.15, 0.2) is 42.6 Å². The summed E-state index contributed by atoms with van der Waals surface area (Å²) < 4.78 is 0. The Morgan fingerprint density at radius 1 is 1.14 bits per heavy atom. The van der Waals surface area contributed by atoms with Crippen molar-refractivity contribution in [2.75, 3.05) is 5.32 Å². The lowest BCUT2D eigenvalue weighted by molar-refractivity contribution is 0.102. The van der Waals surface area contributed by atoms with Gasteiger partial charge >= 0.3 is 0 Å². The molecular weight excluding hydrogens is 343 g/mol. The Balaban J connectivity index is 1.79. The van der Waals surface area contributed by atoms with Crippen molar-refractivity contribution < 1.29 is 4.79 Å². The minimum atomic E-state index is -0.370.